The van der Waals surface area contributed by atoms with Crippen LogP contribution in [-0.2, 0) is 14.8 Å². The Kier molecular flexibility index (Phi) is 4.90. The van der Waals surface area contributed by atoms with E-state index in [-0.39, 0.29) is 24.2 Å². The standard InChI is InChI=1S/C16H15Cl2N3O3S/c1-10(11-2-4-13(17)14(18)8-11)19-16(22)12-3-5-15-20-25(23,24)7-6-21(15)9-12/h2-5,8-10H,6-7H2,1H3,(H,19,22). The maximum atomic E-state index is 12.5. The van der Waals surface area contributed by atoms with Crippen molar-refractivity contribution < 1.29 is 13.2 Å². The van der Waals surface area contributed by atoms with Crippen molar-refractivity contribution in [1.82, 2.24) is 10.2 Å². The Balaban J connectivity index is 1.73. The molecule has 6 nitrogen and oxygen atoms in total. The number of hydrogen-bond acceptors (Lipinski definition) is 4. The van der Waals surface area contributed by atoms with Gasteiger partial charge in [0.1, 0.15) is 5.84 Å². The zero-order chi connectivity index (χ0) is 18.2. The van der Waals surface area contributed by atoms with Crippen LogP contribution in [0.25, 0.3) is 0 Å². The minimum atomic E-state index is -3.41. The van der Waals surface area contributed by atoms with E-state index in [1.165, 1.54) is 6.08 Å². The van der Waals surface area contributed by atoms with Crippen LogP contribution in [0.1, 0.15) is 18.5 Å². The molecular weight excluding hydrogens is 385 g/mol. The van der Waals surface area contributed by atoms with E-state index in [2.05, 4.69) is 9.71 Å². The van der Waals surface area contributed by atoms with Crippen LogP contribution >= 0.6 is 23.2 Å². The summed E-state index contributed by atoms with van der Waals surface area (Å²) in [5, 5.41) is 3.76. The highest BCUT2D eigenvalue weighted by molar-refractivity contribution is 7.90. The third kappa shape index (κ3) is 4.05. The monoisotopic (exact) mass is 399 g/mol. The average Bonchev–Trinajstić information content (AvgIpc) is 2.56. The van der Waals surface area contributed by atoms with Gasteiger partial charge in [0, 0.05) is 12.7 Å². The largest absolute Gasteiger partial charge is 0.345 e. The number of fused-ring (bicyclic) bond motifs is 1. The van der Waals surface area contributed by atoms with Crippen molar-refractivity contribution in [3.63, 3.8) is 0 Å². The van der Waals surface area contributed by atoms with E-state index in [9.17, 15) is 13.2 Å². The van der Waals surface area contributed by atoms with E-state index in [0.717, 1.165) is 5.56 Å². The smallest absolute Gasteiger partial charge is 0.256 e. The predicted molar refractivity (Wildman–Crippen MR) is 98.2 cm³/mol. The highest BCUT2D eigenvalue weighted by atomic mass is 35.5. The number of carbonyl (C=O) groups excluding carboxylic acids is 1. The lowest BCUT2D eigenvalue weighted by atomic mass is 10.1. The molecule has 2 heterocycles. The van der Waals surface area contributed by atoms with Crippen LogP contribution in [0.2, 0.25) is 10.0 Å². The molecule has 0 aromatic heterocycles. The van der Waals surface area contributed by atoms with Gasteiger partial charge in [-0.15, -0.1) is 4.40 Å². The number of carbonyl (C=O) groups is 1. The van der Waals surface area contributed by atoms with Gasteiger partial charge in [0.05, 0.1) is 27.4 Å². The molecule has 0 bridgehead atoms. The molecule has 9 heteroatoms. The molecule has 0 spiro atoms. The second-order valence-corrected chi connectivity index (χ2v) is 8.28. The molecule has 0 radical (unpaired) electrons. The lowest BCUT2D eigenvalue weighted by Crippen LogP contribution is -2.38. The topological polar surface area (TPSA) is 78.8 Å². The third-order valence-corrected chi connectivity index (χ3v) is 5.78. The molecule has 0 saturated heterocycles. The second-order valence-electron chi connectivity index (χ2n) is 5.72. The maximum absolute atomic E-state index is 12.5. The Morgan fingerprint density at radius 3 is 2.76 bits per heavy atom. The van der Waals surface area contributed by atoms with E-state index in [4.69, 9.17) is 23.2 Å². The van der Waals surface area contributed by atoms with Crippen molar-refractivity contribution in [3.05, 3.63) is 57.7 Å². The number of hydrogen-bond donors (Lipinski definition) is 1. The summed E-state index contributed by atoms with van der Waals surface area (Å²) in [6.45, 7) is 2.11. The summed E-state index contributed by atoms with van der Waals surface area (Å²) < 4.78 is 26.7. The fraction of sp³-hybridized carbons (Fsp3) is 0.250. The van der Waals surface area contributed by atoms with Gasteiger partial charge < -0.3 is 10.2 Å². The average molecular weight is 400 g/mol. The number of halogens is 2. The van der Waals surface area contributed by atoms with E-state index in [0.29, 0.717) is 21.5 Å². The van der Waals surface area contributed by atoms with E-state index in [1.54, 1.807) is 35.4 Å². The molecular formula is C16H15Cl2N3O3S. The van der Waals surface area contributed by atoms with Gasteiger partial charge in [0.15, 0.2) is 0 Å². The van der Waals surface area contributed by atoms with E-state index < -0.39 is 10.0 Å². The highest BCUT2D eigenvalue weighted by Gasteiger charge is 2.25. The number of nitrogens with zero attached hydrogens (tertiary/aromatic N) is 2. The second kappa shape index (κ2) is 6.82. The van der Waals surface area contributed by atoms with Gasteiger partial charge in [0.25, 0.3) is 15.9 Å². The first-order valence-electron chi connectivity index (χ1n) is 7.50. The van der Waals surface area contributed by atoms with Crippen molar-refractivity contribution >= 4 is 45.0 Å². The Hall–Kier alpha value is -1.83. The van der Waals surface area contributed by atoms with Gasteiger partial charge in [-0.05, 0) is 36.8 Å². The van der Waals surface area contributed by atoms with Gasteiger partial charge >= 0.3 is 0 Å². The summed E-state index contributed by atoms with van der Waals surface area (Å²) in [5.74, 6) is -0.0299. The van der Waals surface area contributed by atoms with E-state index in [1.807, 2.05) is 6.92 Å². The number of sulfonamides is 1. The van der Waals surface area contributed by atoms with Crippen LogP contribution in [0.4, 0.5) is 0 Å². The fourth-order valence-electron chi connectivity index (χ4n) is 2.48. The SMILES string of the molecule is CC(NC(=O)C1=CN2CCS(=O)(=O)N=C2C=C1)c1ccc(Cl)c(Cl)c1. The van der Waals surface area contributed by atoms with Crippen LogP contribution in [0.15, 0.2) is 46.5 Å². The summed E-state index contributed by atoms with van der Waals surface area (Å²) in [5.41, 5.74) is 1.25. The van der Waals surface area contributed by atoms with Gasteiger partial charge in [-0.25, -0.2) is 8.42 Å². The summed E-state index contributed by atoms with van der Waals surface area (Å²) in [6, 6.07) is 4.91. The summed E-state index contributed by atoms with van der Waals surface area (Å²) in [7, 11) is -3.41. The van der Waals surface area contributed by atoms with E-state index >= 15 is 0 Å². The molecule has 0 aliphatic carbocycles. The number of amides is 1. The molecule has 3 rings (SSSR count). The Morgan fingerprint density at radius 2 is 2.04 bits per heavy atom. The van der Waals surface area contributed by atoms with Crippen LogP contribution < -0.4 is 5.32 Å². The van der Waals surface area contributed by atoms with Crippen molar-refractivity contribution in [2.75, 3.05) is 12.3 Å². The minimum Gasteiger partial charge on any atom is -0.345 e. The van der Waals surface area contributed by atoms with Crippen LogP contribution in [0, 0.1) is 0 Å². The van der Waals surface area contributed by atoms with Crippen molar-refractivity contribution in [2.24, 2.45) is 4.40 Å². The molecule has 0 saturated carbocycles. The zero-order valence-electron chi connectivity index (χ0n) is 13.2. The van der Waals surface area contributed by atoms with Gasteiger partial charge in [-0.1, -0.05) is 29.3 Å². The Morgan fingerprint density at radius 1 is 1.28 bits per heavy atom. The van der Waals surface area contributed by atoms with Crippen LogP contribution in [0.5, 0.6) is 0 Å². The first-order valence-corrected chi connectivity index (χ1v) is 9.87. The van der Waals surface area contributed by atoms with Crippen molar-refractivity contribution in [2.45, 2.75) is 13.0 Å². The van der Waals surface area contributed by atoms with Crippen LogP contribution in [-0.4, -0.2) is 37.4 Å². The Labute approximate surface area is 155 Å². The number of rotatable bonds is 3. The molecule has 1 amide bonds. The van der Waals surface area contributed by atoms with Gasteiger partial charge in [0.2, 0.25) is 0 Å². The fourth-order valence-corrected chi connectivity index (χ4v) is 3.76. The molecule has 1 aromatic carbocycles. The molecule has 1 atom stereocenters. The lowest BCUT2D eigenvalue weighted by Gasteiger charge is -2.27. The molecule has 25 heavy (non-hydrogen) atoms. The third-order valence-electron chi connectivity index (χ3n) is 3.88. The molecule has 1 N–H and O–H groups in total. The highest BCUT2D eigenvalue weighted by Crippen LogP contribution is 2.26. The molecule has 2 aliphatic heterocycles. The normalized spacial score (nSPS) is 19.6. The van der Waals surface area contributed by atoms with Crippen molar-refractivity contribution in [1.29, 1.82) is 0 Å². The quantitative estimate of drug-likeness (QED) is 0.846. The summed E-state index contributed by atoms with van der Waals surface area (Å²) in [4.78, 5) is 14.1. The number of benzene rings is 1. The van der Waals surface area contributed by atoms with Gasteiger partial charge in [-0.3, -0.25) is 4.79 Å². The molecule has 132 valence electrons. The van der Waals surface area contributed by atoms with Crippen LogP contribution in [0.3, 0.4) is 0 Å². The zero-order valence-corrected chi connectivity index (χ0v) is 15.6. The first-order chi connectivity index (χ1) is 11.7. The summed E-state index contributed by atoms with van der Waals surface area (Å²) in [6.07, 6.45) is 4.67. The number of nitrogens with one attached hydrogen (secondary N) is 1. The van der Waals surface area contributed by atoms with Gasteiger partial charge in [-0.2, -0.15) is 0 Å². The molecule has 0 fully saturated rings. The molecule has 1 unspecified atom stereocenters. The Bertz CT molecular complexity index is 923. The first kappa shape index (κ1) is 18.0. The minimum absolute atomic E-state index is 0.0740. The van der Waals surface area contributed by atoms with Crippen molar-refractivity contribution in [3.8, 4) is 0 Å². The maximum Gasteiger partial charge on any atom is 0.256 e. The summed E-state index contributed by atoms with van der Waals surface area (Å²) >= 11 is 11.9. The lowest BCUT2D eigenvalue weighted by molar-refractivity contribution is -0.117. The predicted octanol–water partition coefficient (Wildman–Crippen LogP) is 2.67. The molecule has 2 aliphatic rings. The number of amidine groups is 1. The molecule has 1 aromatic rings.